The highest BCUT2D eigenvalue weighted by Crippen LogP contribution is 2.27. The van der Waals surface area contributed by atoms with Gasteiger partial charge in [-0.1, -0.05) is 54.6 Å². The van der Waals surface area contributed by atoms with E-state index in [4.69, 9.17) is 9.47 Å². The summed E-state index contributed by atoms with van der Waals surface area (Å²) in [7, 11) is 1.42. The third-order valence-corrected chi connectivity index (χ3v) is 5.55. The maximum absolute atomic E-state index is 11.8. The van der Waals surface area contributed by atoms with Gasteiger partial charge in [0.15, 0.2) is 0 Å². The lowest BCUT2D eigenvalue weighted by molar-refractivity contribution is -0.143. The van der Waals surface area contributed by atoms with E-state index >= 15 is 0 Å². The highest BCUT2D eigenvalue weighted by Gasteiger charge is 2.24. The van der Waals surface area contributed by atoms with Gasteiger partial charge in [-0.2, -0.15) is 0 Å². The molecule has 0 fully saturated rings. The van der Waals surface area contributed by atoms with Gasteiger partial charge in [0.25, 0.3) is 0 Å². The fourth-order valence-corrected chi connectivity index (χ4v) is 3.82. The van der Waals surface area contributed by atoms with Gasteiger partial charge in [-0.05, 0) is 58.9 Å². The van der Waals surface area contributed by atoms with E-state index in [9.17, 15) is 4.79 Å². The first kappa shape index (κ1) is 19.2. The van der Waals surface area contributed by atoms with E-state index in [2.05, 4.69) is 66.8 Å². The van der Waals surface area contributed by atoms with E-state index in [-0.39, 0.29) is 12.0 Å². The van der Waals surface area contributed by atoms with Crippen molar-refractivity contribution in [2.45, 2.75) is 32.5 Å². The second-order valence-corrected chi connectivity index (χ2v) is 7.34. The second-order valence-electron chi connectivity index (χ2n) is 7.34. The van der Waals surface area contributed by atoms with E-state index < -0.39 is 0 Å². The number of ether oxygens (including phenoxy) is 2. The largest absolute Gasteiger partial charge is 0.489 e. The zero-order valence-electron chi connectivity index (χ0n) is 16.8. The lowest BCUT2D eigenvalue weighted by Crippen LogP contribution is -2.42. The molecule has 0 aliphatic carbocycles. The van der Waals surface area contributed by atoms with E-state index in [0.717, 1.165) is 16.9 Å². The normalized spacial score (nSPS) is 15.4. The number of benzene rings is 3. The first-order valence-electron chi connectivity index (χ1n) is 9.85. The topological polar surface area (TPSA) is 47.6 Å². The minimum Gasteiger partial charge on any atom is -0.489 e. The van der Waals surface area contributed by atoms with Crippen LogP contribution in [0.4, 0.5) is 0 Å². The van der Waals surface area contributed by atoms with Crippen LogP contribution in [-0.2, 0) is 29.1 Å². The molecule has 1 aliphatic heterocycles. The van der Waals surface area contributed by atoms with E-state index in [1.165, 1.54) is 29.4 Å². The predicted octanol–water partition coefficient (Wildman–Crippen LogP) is 4.43. The molecule has 4 heteroatoms. The quantitative estimate of drug-likeness (QED) is 0.658. The number of methoxy groups -OCH3 is 1. The smallest absolute Gasteiger partial charge is 0.323 e. The molecule has 0 saturated heterocycles. The van der Waals surface area contributed by atoms with Gasteiger partial charge in [0.05, 0.1) is 7.11 Å². The van der Waals surface area contributed by atoms with Gasteiger partial charge in [0, 0.05) is 6.54 Å². The minimum absolute atomic E-state index is 0.218. The first-order valence-corrected chi connectivity index (χ1v) is 9.85. The average Bonchev–Trinajstić information content (AvgIpc) is 2.78. The van der Waals surface area contributed by atoms with Crippen LogP contribution in [0.3, 0.4) is 0 Å². The van der Waals surface area contributed by atoms with Crippen molar-refractivity contribution >= 4 is 5.97 Å². The maximum atomic E-state index is 11.8. The molecular weight excluding hydrogens is 362 g/mol. The Labute approximate surface area is 171 Å². The molecule has 1 heterocycles. The monoisotopic (exact) mass is 387 g/mol. The van der Waals surface area contributed by atoms with Gasteiger partial charge in [0.1, 0.15) is 18.4 Å². The van der Waals surface area contributed by atoms with Crippen LogP contribution in [0, 0.1) is 6.92 Å². The third-order valence-electron chi connectivity index (χ3n) is 5.55. The molecule has 1 atom stereocenters. The van der Waals surface area contributed by atoms with Crippen molar-refractivity contribution in [3.05, 3.63) is 89.0 Å². The Kier molecular flexibility index (Phi) is 5.63. The number of rotatable bonds is 5. The van der Waals surface area contributed by atoms with E-state index in [1.54, 1.807) is 0 Å². The summed E-state index contributed by atoms with van der Waals surface area (Å²) in [4.78, 5) is 11.8. The lowest BCUT2D eigenvalue weighted by atomic mass is 9.95. The number of fused-ring (bicyclic) bond motifs is 1. The van der Waals surface area contributed by atoms with Crippen LogP contribution in [0.15, 0.2) is 66.7 Å². The molecule has 0 unspecified atom stereocenters. The SMILES string of the molecule is COC(=O)[C@H]1Cc2ccc(OCc3cccc(-c4ccccc4)c3C)cc2CN1. The highest BCUT2D eigenvalue weighted by molar-refractivity contribution is 5.76. The molecule has 29 heavy (non-hydrogen) atoms. The van der Waals surface area contributed by atoms with Crippen molar-refractivity contribution in [2.24, 2.45) is 0 Å². The molecular formula is C25H25NO3. The Morgan fingerprint density at radius 1 is 1.03 bits per heavy atom. The van der Waals surface area contributed by atoms with Crippen molar-refractivity contribution in [1.82, 2.24) is 5.32 Å². The Morgan fingerprint density at radius 3 is 2.66 bits per heavy atom. The van der Waals surface area contributed by atoms with Gasteiger partial charge in [-0.3, -0.25) is 4.79 Å². The van der Waals surface area contributed by atoms with Crippen LogP contribution in [-0.4, -0.2) is 19.1 Å². The molecule has 0 spiro atoms. The molecule has 4 nitrogen and oxygen atoms in total. The summed E-state index contributed by atoms with van der Waals surface area (Å²) in [6.07, 6.45) is 0.639. The lowest BCUT2D eigenvalue weighted by Gasteiger charge is -2.24. The summed E-state index contributed by atoms with van der Waals surface area (Å²) in [5.74, 6) is 0.622. The van der Waals surface area contributed by atoms with Crippen molar-refractivity contribution < 1.29 is 14.3 Å². The molecule has 4 rings (SSSR count). The molecule has 0 aromatic heterocycles. The standard InChI is InChI=1S/C25H25NO3/c1-17-20(9-6-10-23(17)18-7-4-3-5-8-18)16-29-22-12-11-19-14-24(25(27)28-2)26-15-21(19)13-22/h3-13,24,26H,14-16H2,1-2H3/t24-/m1/s1. The zero-order valence-corrected chi connectivity index (χ0v) is 16.8. The van der Waals surface area contributed by atoms with Crippen LogP contribution in [0.25, 0.3) is 11.1 Å². The molecule has 1 aliphatic rings. The number of nitrogens with one attached hydrogen (secondary N) is 1. The van der Waals surface area contributed by atoms with Crippen molar-refractivity contribution in [3.63, 3.8) is 0 Å². The number of carbonyl (C=O) groups is 1. The summed E-state index contributed by atoms with van der Waals surface area (Å²) in [6, 6.07) is 22.6. The predicted molar refractivity (Wildman–Crippen MR) is 114 cm³/mol. The van der Waals surface area contributed by atoms with Gasteiger partial charge in [0.2, 0.25) is 0 Å². The maximum Gasteiger partial charge on any atom is 0.323 e. The fourth-order valence-electron chi connectivity index (χ4n) is 3.82. The van der Waals surface area contributed by atoms with E-state index in [0.29, 0.717) is 19.6 Å². The van der Waals surface area contributed by atoms with Gasteiger partial charge < -0.3 is 14.8 Å². The van der Waals surface area contributed by atoms with Gasteiger partial charge >= 0.3 is 5.97 Å². The molecule has 0 amide bonds. The van der Waals surface area contributed by atoms with Crippen molar-refractivity contribution in [2.75, 3.05) is 7.11 Å². The van der Waals surface area contributed by atoms with Gasteiger partial charge in [-0.15, -0.1) is 0 Å². The zero-order chi connectivity index (χ0) is 20.2. The molecule has 3 aromatic rings. The summed E-state index contributed by atoms with van der Waals surface area (Å²) in [5.41, 5.74) is 7.18. The number of carbonyl (C=O) groups excluding carboxylic acids is 1. The van der Waals surface area contributed by atoms with Crippen LogP contribution in [0.1, 0.15) is 22.3 Å². The average molecular weight is 387 g/mol. The second kappa shape index (κ2) is 8.50. The molecule has 1 N–H and O–H groups in total. The first-order chi connectivity index (χ1) is 14.2. The highest BCUT2D eigenvalue weighted by atomic mass is 16.5. The van der Waals surface area contributed by atoms with Crippen LogP contribution in [0.5, 0.6) is 5.75 Å². The van der Waals surface area contributed by atoms with Crippen LogP contribution < -0.4 is 10.1 Å². The molecule has 0 bridgehead atoms. The fraction of sp³-hybridized carbons (Fsp3) is 0.240. The Bertz CT molecular complexity index is 1010. The van der Waals surface area contributed by atoms with Crippen molar-refractivity contribution in [3.8, 4) is 16.9 Å². The third kappa shape index (κ3) is 4.17. The number of hydrogen-bond donors (Lipinski definition) is 1. The number of hydrogen-bond acceptors (Lipinski definition) is 4. The summed E-state index contributed by atoms with van der Waals surface area (Å²) in [6.45, 7) is 3.29. The summed E-state index contributed by atoms with van der Waals surface area (Å²) >= 11 is 0. The Morgan fingerprint density at radius 2 is 1.86 bits per heavy atom. The summed E-state index contributed by atoms with van der Waals surface area (Å²) in [5, 5.41) is 3.23. The minimum atomic E-state index is -0.275. The number of esters is 1. The Balaban J connectivity index is 1.47. The molecule has 3 aromatic carbocycles. The van der Waals surface area contributed by atoms with Gasteiger partial charge in [-0.25, -0.2) is 0 Å². The van der Waals surface area contributed by atoms with Crippen molar-refractivity contribution in [1.29, 1.82) is 0 Å². The Hall–Kier alpha value is -3.11. The summed E-state index contributed by atoms with van der Waals surface area (Å²) < 4.78 is 10.9. The van der Waals surface area contributed by atoms with E-state index in [1.807, 2.05) is 12.1 Å². The molecule has 148 valence electrons. The molecule has 0 saturated carbocycles. The van der Waals surface area contributed by atoms with Crippen LogP contribution in [0.2, 0.25) is 0 Å². The molecule has 0 radical (unpaired) electrons. The van der Waals surface area contributed by atoms with Crippen LogP contribution >= 0.6 is 0 Å².